The molecule has 1 aromatic carbocycles. The molecule has 0 unspecified atom stereocenters. The van der Waals surface area contributed by atoms with E-state index in [1.54, 1.807) is 7.11 Å². The van der Waals surface area contributed by atoms with Crippen molar-refractivity contribution in [2.75, 3.05) is 44.9 Å². The first-order valence-electron chi connectivity index (χ1n) is 9.98. The third-order valence-corrected chi connectivity index (χ3v) is 5.80. The smallest absolute Gasteiger partial charge is 0.136 e. The van der Waals surface area contributed by atoms with E-state index in [2.05, 4.69) is 44.8 Å². The first-order chi connectivity index (χ1) is 13.8. The normalized spacial score (nSPS) is 17.2. The monoisotopic (exact) mass is 378 g/mol. The first-order valence-corrected chi connectivity index (χ1v) is 9.98. The SMILES string of the molecule is COc1ccc(N2CCOCC2)c2c1CN(CCc1cn3ccccc3n1)C2. The third kappa shape index (κ3) is 3.23. The zero-order chi connectivity index (χ0) is 18.9. The molecule has 0 aliphatic carbocycles. The van der Waals surface area contributed by atoms with Crippen LogP contribution in [-0.2, 0) is 24.2 Å². The molecule has 0 bridgehead atoms. The molecular formula is C22H26N4O2. The maximum absolute atomic E-state index is 5.66. The predicted octanol–water partition coefficient (Wildman–Crippen LogP) is 2.74. The Morgan fingerprint density at radius 3 is 2.75 bits per heavy atom. The Hall–Kier alpha value is -2.57. The number of pyridine rings is 1. The van der Waals surface area contributed by atoms with Gasteiger partial charge in [0.1, 0.15) is 11.4 Å². The van der Waals surface area contributed by atoms with Crippen LogP contribution in [0.2, 0.25) is 0 Å². The highest BCUT2D eigenvalue weighted by Gasteiger charge is 2.27. The van der Waals surface area contributed by atoms with E-state index in [9.17, 15) is 0 Å². The number of imidazole rings is 1. The molecule has 28 heavy (non-hydrogen) atoms. The van der Waals surface area contributed by atoms with Crippen molar-refractivity contribution >= 4 is 11.3 Å². The molecule has 2 aliphatic heterocycles. The fourth-order valence-corrected chi connectivity index (χ4v) is 4.34. The molecule has 6 heteroatoms. The molecule has 146 valence electrons. The lowest BCUT2D eigenvalue weighted by atomic mass is 10.1. The highest BCUT2D eigenvalue weighted by Crippen LogP contribution is 2.38. The molecule has 0 N–H and O–H groups in total. The number of rotatable bonds is 5. The van der Waals surface area contributed by atoms with Gasteiger partial charge in [-0.1, -0.05) is 6.07 Å². The second kappa shape index (κ2) is 7.45. The summed E-state index contributed by atoms with van der Waals surface area (Å²) in [6, 6.07) is 10.5. The van der Waals surface area contributed by atoms with Gasteiger partial charge in [0.05, 0.1) is 26.0 Å². The Labute approximate surface area is 165 Å². The number of aromatic nitrogens is 2. The average Bonchev–Trinajstić information content (AvgIpc) is 3.36. The number of anilines is 1. The van der Waals surface area contributed by atoms with Crippen LogP contribution < -0.4 is 9.64 Å². The van der Waals surface area contributed by atoms with Gasteiger partial charge < -0.3 is 18.8 Å². The van der Waals surface area contributed by atoms with Gasteiger partial charge in [0.15, 0.2) is 0 Å². The van der Waals surface area contributed by atoms with E-state index in [1.165, 1.54) is 16.8 Å². The van der Waals surface area contributed by atoms with Crippen LogP contribution in [0.3, 0.4) is 0 Å². The van der Waals surface area contributed by atoms with Crippen molar-refractivity contribution in [3.05, 3.63) is 59.5 Å². The van der Waals surface area contributed by atoms with Crippen molar-refractivity contribution in [1.29, 1.82) is 0 Å². The van der Waals surface area contributed by atoms with Crippen LogP contribution in [0.15, 0.2) is 42.7 Å². The highest BCUT2D eigenvalue weighted by molar-refractivity contribution is 5.62. The summed E-state index contributed by atoms with van der Waals surface area (Å²) in [6.45, 7) is 6.41. The molecule has 3 aromatic rings. The zero-order valence-corrected chi connectivity index (χ0v) is 16.3. The van der Waals surface area contributed by atoms with E-state index in [-0.39, 0.29) is 0 Å². The number of ether oxygens (including phenoxy) is 2. The highest BCUT2D eigenvalue weighted by atomic mass is 16.5. The Morgan fingerprint density at radius 1 is 1.07 bits per heavy atom. The van der Waals surface area contributed by atoms with Gasteiger partial charge in [-0.25, -0.2) is 4.98 Å². The van der Waals surface area contributed by atoms with Crippen molar-refractivity contribution < 1.29 is 9.47 Å². The molecule has 1 fully saturated rings. The molecule has 5 rings (SSSR count). The van der Waals surface area contributed by atoms with Crippen molar-refractivity contribution in [2.45, 2.75) is 19.5 Å². The van der Waals surface area contributed by atoms with Crippen LogP contribution in [0.4, 0.5) is 5.69 Å². The molecule has 0 spiro atoms. The van der Waals surface area contributed by atoms with Crippen molar-refractivity contribution in [1.82, 2.24) is 14.3 Å². The molecule has 6 nitrogen and oxygen atoms in total. The lowest BCUT2D eigenvalue weighted by Crippen LogP contribution is -2.36. The minimum absolute atomic E-state index is 0.804. The molecule has 0 saturated carbocycles. The van der Waals surface area contributed by atoms with Crippen LogP contribution in [-0.4, -0.2) is 54.2 Å². The molecule has 2 aliphatic rings. The topological polar surface area (TPSA) is 42.2 Å². The van der Waals surface area contributed by atoms with Gasteiger partial charge in [-0.15, -0.1) is 0 Å². The van der Waals surface area contributed by atoms with Crippen molar-refractivity contribution in [3.8, 4) is 5.75 Å². The van der Waals surface area contributed by atoms with E-state index in [1.807, 2.05) is 12.1 Å². The van der Waals surface area contributed by atoms with Crippen molar-refractivity contribution in [2.24, 2.45) is 0 Å². The van der Waals surface area contributed by atoms with Gasteiger partial charge >= 0.3 is 0 Å². The summed E-state index contributed by atoms with van der Waals surface area (Å²) in [5.74, 6) is 1.00. The predicted molar refractivity (Wildman–Crippen MR) is 109 cm³/mol. The number of fused-ring (bicyclic) bond motifs is 2. The number of hydrogen-bond acceptors (Lipinski definition) is 5. The summed E-state index contributed by atoms with van der Waals surface area (Å²) in [7, 11) is 1.77. The molecule has 0 atom stereocenters. The number of hydrogen-bond donors (Lipinski definition) is 0. The largest absolute Gasteiger partial charge is 0.496 e. The summed E-state index contributed by atoms with van der Waals surface area (Å²) in [6.07, 6.45) is 5.14. The Morgan fingerprint density at radius 2 is 1.93 bits per heavy atom. The lowest BCUT2D eigenvalue weighted by Gasteiger charge is -2.30. The Balaban J connectivity index is 1.33. The Kier molecular flexibility index (Phi) is 4.66. The molecule has 2 aromatic heterocycles. The van der Waals surface area contributed by atoms with Gasteiger partial charge in [-0.2, -0.15) is 0 Å². The third-order valence-electron chi connectivity index (χ3n) is 5.80. The van der Waals surface area contributed by atoms with Crippen LogP contribution in [0.25, 0.3) is 5.65 Å². The summed E-state index contributed by atoms with van der Waals surface area (Å²) in [4.78, 5) is 9.69. The molecule has 4 heterocycles. The molecule has 0 amide bonds. The van der Waals surface area contributed by atoms with Gasteiger partial charge in [-0.3, -0.25) is 4.90 Å². The minimum Gasteiger partial charge on any atom is -0.496 e. The number of morpholine rings is 1. The first kappa shape index (κ1) is 17.5. The fourth-order valence-electron chi connectivity index (χ4n) is 4.34. The number of benzene rings is 1. The Bertz CT molecular complexity index is 945. The van der Waals surface area contributed by atoms with Gasteiger partial charge in [-0.05, 0) is 29.8 Å². The minimum atomic E-state index is 0.804. The van der Waals surface area contributed by atoms with Gasteiger partial charge in [0.25, 0.3) is 0 Å². The fraction of sp³-hybridized carbons (Fsp3) is 0.409. The zero-order valence-electron chi connectivity index (χ0n) is 16.3. The molecule has 1 saturated heterocycles. The van der Waals surface area contributed by atoms with Crippen LogP contribution in [0, 0.1) is 0 Å². The average molecular weight is 378 g/mol. The summed E-state index contributed by atoms with van der Waals surface area (Å²) in [5.41, 5.74) is 6.24. The van der Waals surface area contributed by atoms with E-state index in [0.29, 0.717) is 0 Å². The second-order valence-corrected chi connectivity index (χ2v) is 7.50. The van der Waals surface area contributed by atoms with Gasteiger partial charge in [0, 0.05) is 62.8 Å². The van der Waals surface area contributed by atoms with E-state index >= 15 is 0 Å². The number of methoxy groups -OCH3 is 1. The van der Waals surface area contributed by atoms with E-state index in [4.69, 9.17) is 14.5 Å². The maximum Gasteiger partial charge on any atom is 0.136 e. The lowest BCUT2D eigenvalue weighted by molar-refractivity contribution is 0.122. The summed E-state index contributed by atoms with van der Waals surface area (Å²) < 4.78 is 13.3. The van der Waals surface area contributed by atoms with E-state index < -0.39 is 0 Å². The molecular weight excluding hydrogens is 352 g/mol. The second-order valence-electron chi connectivity index (χ2n) is 7.50. The van der Waals surface area contributed by atoms with Crippen molar-refractivity contribution in [3.63, 3.8) is 0 Å². The van der Waals surface area contributed by atoms with Crippen LogP contribution in [0.5, 0.6) is 5.75 Å². The standard InChI is InChI=1S/C22H26N4O2/c1-27-21-6-5-20(25-10-12-28-13-11-25)18-15-24(16-19(18)21)9-7-17-14-26-8-3-2-4-22(26)23-17/h2-6,8,14H,7,9-13,15-16H2,1H3. The van der Waals surface area contributed by atoms with E-state index in [0.717, 1.165) is 69.4 Å². The quantitative estimate of drug-likeness (QED) is 0.683. The maximum atomic E-state index is 5.66. The van der Waals surface area contributed by atoms with Crippen LogP contribution >= 0.6 is 0 Å². The summed E-state index contributed by atoms with van der Waals surface area (Å²) in [5, 5.41) is 0. The van der Waals surface area contributed by atoms with Gasteiger partial charge in [0.2, 0.25) is 0 Å². The number of nitrogens with zero attached hydrogens (tertiary/aromatic N) is 4. The molecule has 0 radical (unpaired) electrons. The summed E-state index contributed by atoms with van der Waals surface area (Å²) >= 11 is 0. The van der Waals surface area contributed by atoms with Crippen LogP contribution in [0.1, 0.15) is 16.8 Å².